The second-order valence-electron chi connectivity index (χ2n) is 8.10. The van der Waals surface area contributed by atoms with Crippen molar-refractivity contribution in [2.75, 3.05) is 38.3 Å². The van der Waals surface area contributed by atoms with Crippen LogP contribution in [0.1, 0.15) is 41.3 Å². The number of morpholine rings is 1. The second kappa shape index (κ2) is 7.89. The van der Waals surface area contributed by atoms with Gasteiger partial charge in [-0.3, -0.25) is 4.90 Å². The van der Waals surface area contributed by atoms with Crippen LogP contribution >= 0.6 is 0 Å². The number of nitrogens with zero attached hydrogens (tertiary/aromatic N) is 4. The Bertz CT molecular complexity index is 884. The van der Waals surface area contributed by atoms with Crippen LogP contribution in [0.4, 0.5) is 5.95 Å². The van der Waals surface area contributed by atoms with Gasteiger partial charge in [0.25, 0.3) is 0 Å². The van der Waals surface area contributed by atoms with Gasteiger partial charge in [0, 0.05) is 55.5 Å². The Morgan fingerprint density at radius 1 is 1.24 bits per heavy atom. The Morgan fingerprint density at radius 3 is 2.90 bits per heavy atom. The van der Waals surface area contributed by atoms with Gasteiger partial charge in [0.1, 0.15) is 5.75 Å². The van der Waals surface area contributed by atoms with E-state index >= 15 is 0 Å². The number of fused-ring (bicyclic) bond motifs is 4. The van der Waals surface area contributed by atoms with Crippen molar-refractivity contribution >= 4 is 5.95 Å². The number of aliphatic hydroxyl groups is 1. The topological polar surface area (TPSA) is 71.0 Å². The molecule has 2 saturated heterocycles. The maximum atomic E-state index is 9.64. The van der Waals surface area contributed by atoms with E-state index in [1.54, 1.807) is 7.11 Å². The number of anilines is 1. The van der Waals surface area contributed by atoms with Crippen molar-refractivity contribution in [3.8, 4) is 5.75 Å². The van der Waals surface area contributed by atoms with E-state index in [9.17, 15) is 5.11 Å². The zero-order valence-corrected chi connectivity index (χ0v) is 16.9. The SMILES string of the molecule is COc1ccc(CN2[C@H]3CC[C@H]2c2cnc(N4CCOCC4)nc2C3)cc1CO. The lowest BCUT2D eigenvalue weighted by Gasteiger charge is -2.36. The summed E-state index contributed by atoms with van der Waals surface area (Å²) in [6.07, 6.45) is 5.38. The smallest absolute Gasteiger partial charge is 0.225 e. The third kappa shape index (κ3) is 3.47. The second-order valence-corrected chi connectivity index (χ2v) is 8.10. The molecule has 0 unspecified atom stereocenters. The number of aliphatic hydroxyl groups excluding tert-OH is 1. The van der Waals surface area contributed by atoms with Crippen LogP contribution in [0.5, 0.6) is 5.75 Å². The van der Waals surface area contributed by atoms with E-state index < -0.39 is 0 Å². The fourth-order valence-corrected chi connectivity index (χ4v) is 4.99. The molecule has 7 heteroatoms. The van der Waals surface area contributed by atoms with Crippen LogP contribution in [0.2, 0.25) is 0 Å². The average molecular weight is 396 g/mol. The molecule has 2 aromatic rings. The molecule has 3 aliphatic rings. The number of hydrogen-bond donors (Lipinski definition) is 1. The predicted molar refractivity (Wildman–Crippen MR) is 109 cm³/mol. The summed E-state index contributed by atoms with van der Waals surface area (Å²) in [6, 6.07) is 7.01. The van der Waals surface area contributed by atoms with Crippen molar-refractivity contribution in [3.63, 3.8) is 0 Å². The molecule has 4 heterocycles. The number of rotatable bonds is 5. The minimum atomic E-state index is -0.00907. The first-order valence-corrected chi connectivity index (χ1v) is 10.5. The molecule has 0 radical (unpaired) electrons. The van der Waals surface area contributed by atoms with E-state index in [1.165, 1.54) is 23.2 Å². The van der Waals surface area contributed by atoms with Crippen LogP contribution in [0.3, 0.4) is 0 Å². The predicted octanol–water partition coefficient (Wildman–Crippen LogP) is 2.08. The molecule has 7 nitrogen and oxygen atoms in total. The molecule has 2 bridgehead atoms. The van der Waals surface area contributed by atoms with Gasteiger partial charge >= 0.3 is 0 Å². The van der Waals surface area contributed by atoms with E-state index in [4.69, 9.17) is 19.4 Å². The summed E-state index contributed by atoms with van der Waals surface area (Å²) >= 11 is 0. The van der Waals surface area contributed by atoms with Crippen molar-refractivity contribution in [3.05, 3.63) is 46.8 Å². The zero-order chi connectivity index (χ0) is 19.8. The molecule has 1 aromatic carbocycles. The van der Waals surface area contributed by atoms with Crippen molar-refractivity contribution < 1.29 is 14.6 Å². The lowest BCUT2D eigenvalue weighted by Crippen LogP contribution is -2.40. The first-order chi connectivity index (χ1) is 14.3. The van der Waals surface area contributed by atoms with Crippen LogP contribution in [-0.2, 0) is 24.3 Å². The fourth-order valence-electron chi connectivity index (χ4n) is 4.99. The molecule has 154 valence electrons. The molecule has 0 amide bonds. The lowest BCUT2D eigenvalue weighted by atomic mass is 9.98. The first-order valence-electron chi connectivity index (χ1n) is 10.5. The van der Waals surface area contributed by atoms with Crippen LogP contribution < -0.4 is 9.64 Å². The van der Waals surface area contributed by atoms with Gasteiger partial charge < -0.3 is 19.5 Å². The van der Waals surface area contributed by atoms with Gasteiger partial charge in [-0.2, -0.15) is 0 Å². The summed E-state index contributed by atoms with van der Waals surface area (Å²) in [5, 5.41) is 9.64. The van der Waals surface area contributed by atoms with E-state index in [0.717, 1.165) is 63.0 Å². The van der Waals surface area contributed by atoms with Crippen molar-refractivity contribution in [2.24, 2.45) is 0 Å². The standard InChI is InChI=1S/C22H28N4O3/c1-28-21-5-2-15(10-16(21)14-27)13-26-17-3-4-20(26)18-12-23-22(24-19(18)11-17)25-6-8-29-9-7-25/h2,5,10,12,17,20,27H,3-4,6-9,11,13-14H2,1H3/t17-,20-/m0/s1. The molecule has 2 fully saturated rings. The molecule has 1 aromatic heterocycles. The monoisotopic (exact) mass is 396 g/mol. The molecule has 2 atom stereocenters. The van der Waals surface area contributed by atoms with E-state index in [2.05, 4.69) is 28.1 Å². The molecule has 0 saturated carbocycles. The summed E-state index contributed by atoms with van der Waals surface area (Å²) in [4.78, 5) is 14.5. The molecule has 0 spiro atoms. The number of aromatic nitrogens is 2. The Kier molecular flexibility index (Phi) is 5.11. The quantitative estimate of drug-likeness (QED) is 0.830. The van der Waals surface area contributed by atoms with Crippen LogP contribution in [0.15, 0.2) is 24.4 Å². The van der Waals surface area contributed by atoms with Gasteiger partial charge in [0.15, 0.2) is 0 Å². The summed E-state index contributed by atoms with van der Waals surface area (Å²) < 4.78 is 10.8. The Labute approximate surface area is 171 Å². The molecule has 29 heavy (non-hydrogen) atoms. The lowest BCUT2D eigenvalue weighted by molar-refractivity contribution is 0.122. The van der Waals surface area contributed by atoms with E-state index in [-0.39, 0.29) is 6.61 Å². The number of ether oxygens (including phenoxy) is 2. The van der Waals surface area contributed by atoms with Gasteiger partial charge in [-0.15, -0.1) is 0 Å². The summed E-state index contributed by atoms with van der Waals surface area (Å²) in [5.41, 5.74) is 4.55. The van der Waals surface area contributed by atoms with Crippen LogP contribution in [0, 0.1) is 0 Å². The summed E-state index contributed by atoms with van der Waals surface area (Å²) in [6.45, 7) is 4.08. The van der Waals surface area contributed by atoms with Gasteiger partial charge in [-0.1, -0.05) is 6.07 Å². The minimum Gasteiger partial charge on any atom is -0.496 e. The van der Waals surface area contributed by atoms with Crippen LogP contribution in [0.25, 0.3) is 0 Å². The maximum absolute atomic E-state index is 9.64. The highest BCUT2D eigenvalue weighted by molar-refractivity contribution is 5.39. The molecular weight excluding hydrogens is 368 g/mol. The van der Waals surface area contributed by atoms with Crippen molar-refractivity contribution in [2.45, 2.75) is 44.5 Å². The summed E-state index contributed by atoms with van der Waals surface area (Å²) in [5.74, 6) is 1.59. The largest absolute Gasteiger partial charge is 0.496 e. The third-order valence-corrected chi connectivity index (χ3v) is 6.49. The van der Waals surface area contributed by atoms with Gasteiger partial charge in [0.05, 0.1) is 32.6 Å². The fraction of sp³-hybridized carbons (Fsp3) is 0.545. The minimum absolute atomic E-state index is 0.00907. The third-order valence-electron chi connectivity index (χ3n) is 6.49. The Morgan fingerprint density at radius 2 is 2.10 bits per heavy atom. The zero-order valence-electron chi connectivity index (χ0n) is 16.9. The highest BCUT2D eigenvalue weighted by Gasteiger charge is 2.41. The average Bonchev–Trinajstić information content (AvgIpc) is 3.05. The summed E-state index contributed by atoms with van der Waals surface area (Å²) in [7, 11) is 1.64. The highest BCUT2D eigenvalue weighted by atomic mass is 16.5. The molecule has 5 rings (SSSR count). The normalized spacial score (nSPS) is 23.9. The van der Waals surface area contributed by atoms with Crippen molar-refractivity contribution in [1.82, 2.24) is 14.9 Å². The van der Waals surface area contributed by atoms with Crippen molar-refractivity contribution in [1.29, 1.82) is 0 Å². The van der Waals surface area contributed by atoms with E-state index in [0.29, 0.717) is 12.1 Å². The first kappa shape index (κ1) is 18.8. The number of benzene rings is 1. The molecule has 1 N–H and O–H groups in total. The van der Waals surface area contributed by atoms with Gasteiger partial charge in [0.2, 0.25) is 5.95 Å². The number of methoxy groups -OCH3 is 1. The van der Waals surface area contributed by atoms with Gasteiger partial charge in [-0.25, -0.2) is 9.97 Å². The van der Waals surface area contributed by atoms with E-state index in [1.807, 2.05) is 6.07 Å². The Hall–Kier alpha value is -2.22. The maximum Gasteiger partial charge on any atom is 0.225 e. The highest BCUT2D eigenvalue weighted by Crippen LogP contribution is 2.44. The Balaban J connectivity index is 1.37. The number of hydrogen-bond acceptors (Lipinski definition) is 7. The molecular formula is C22H28N4O3. The molecule has 3 aliphatic heterocycles. The van der Waals surface area contributed by atoms with Crippen LogP contribution in [-0.4, -0.2) is 59.4 Å². The van der Waals surface area contributed by atoms with Gasteiger partial charge in [-0.05, 0) is 30.5 Å². The molecule has 0 aliphatic carbocycles.